The summed E-state index contributed by atoms with van der Waals surface area (Å²) in [4.78, 5) is 14.8. The van der Waals surface area contributed by atoms with Gasteiger partial charge in [-0.05, 0) is 46.9 Å². The molecule has 0 spiro atoms. The lowest BCUT2D eigenvalue weighted by Crippen LogP contribution is -2.17. The van der Waals surface area contributed by atoms with Crippen LogP contribution in [0.1, 0.15) is 5.56 Å². The van der Waals surface area contributed by atoms with Gasteiger partial charge >= 0.3 is 5.69 Å². The summed E-state index contributed by atoms with van der Waals surface area (Å²) in [6.45, 7) is -0.000838. The van der Waals surface area contributed by atoms with Gasteiger partial charge in [-0.2, -0.15) is 4.68 Å². The third-order valence-corrected chi connectivity index (χ3v) is 4.32. The number of halogens is 3. The average Bonchev–Trinajstić information content (AvgIpc) is 2.90. The van der Waals surface area contributed by atoms with Crippen LogP contribution in [0.25, 0.3) is 17.1 Å². The van der Waals surface area contributed by atoms with Gasteiger partial charge < -0.3 is 5.73 Å². The van der Waals surface area contributed by atoms with Crippen LogP contribution in [-0.2, 0) is 6.54 Å². The quantitative estimate of drug-likeness (QED) is 0.610. The summed E-state index contributed by atoms with van der Waals surface area (Å²) < 4.78 is 15.9. The van der Waals surface area contributed by atoms with Crippen molar-refractivity contribution in [3.05, 3.63) is 66.9 Å². The number of nitrogens with two attached hydrogens (primary N) is 1. The van der Waals surface area contributed by atoms with Gasteiger partial charge in [-0.25, -0.2) is 9.18 Å². The highest BCUT2D eigenvalue weighted by Crippen LogP contribution is 2.24. The zero-order chi connectivity index (χ0) is 16.6. The fraction of sp³-hybridized carbons (Fsp3) is 0.0667. The van der Waals surface area contributed by atoms with E-state index in [1.54, 1.807) is 0 Å². The number of rotatable bonds is 3. The highest BCUT2D eigenvalue weighted by molar-refractivity contribution is 14.1. The molecule has 0 saturated carbocycles. The maximum atomic E-state index is 13.7. The van der Waals surface area contributed by atoms with E-state index in [9.17, 15) is 9.18 Å². The molecule has 0 atom stereocenters. The van der Waals surface area contributed by atoms with Crippen LogP contribution < -0.4 is 11.4 Å². The number of nitrogens with zero attached hydrogens (tertiary/aromatic N) is 2. The molecule has 0 radical (unpaired) electrons. The highest BCUT2D eigenvalue weighted by Gasteiger charge is 2.14. The molecule has 118 valence electrons. The number of hydrogen-bond acceptors (Lipinski definition) is 3. The van der Waals surface area contributed by atoms with E-state index in [1.807, 2.05) is 24.3 Å². The van der Waals surface area contributed by atoms with E-state index in [4.69, 9.17) is 17.3 Å². The van der Waals surface area contributed by atoms with E-state index in [0.717, 1.165) is 19.9 Å². The van der Waals surface area contributed by atoms with Crippen molar-refractivity contribution >= 4 is 34.2 Å². The number of aromatic amines is 1. The third kappa shape index (κ3) is 3.17. The van der Waals surface area contributed by atoms with Crippen LogP contribution >= 0.6 is 34.2 Å². The van der Waals surface area contributed by atoms with Crippen molar-refractivity contribution in [3.63, 3.8) is 0 Å². The van der Waals surface area contributed by atoms with Crippen LogP contribution in [0.2, 0.25) is 5.02 Å². The molecule has 1 aromatic heterocycles. The summed E-state index contributed by atoms with van der Waals surface area (Å²) in [6, 6.07) is 10.1. The predicted octanol–water partition coefficient (Wildman–Crippen LogP) is 3.08. The Labute approximate surface area is 149 Å². The van der Waals surface area contributed by atoms with Crippen molar-refractivity contribution in [2.24, 2.45) is 5.73 Å². The molecule has 2 aromatic carbocycles. The first kappa shape index (κ1) is 16.2. The molecule has 5 nitrogen and oxygen atoms in total. The van der Waals surface area contributed by atoms with Gasteiger partial charge in [0, 0.05) is 21.2 Å². The van der Waals surface area contributed by atoms with Crippen molar-refractivity contribution in [2.45, 2.75) is 6.54 Å². The molecule has 0 aliphatic rings. The summed E-state index contributed by atoms with van der Waals surface area (Å²) in [5, 5.41) is 4.33. The highest BCUT2D eigenvalue weighted by atomic mass is 127. The van der Waals surface area contributed by atoms with Gasteiger partial charge in [0.1, 0.15) is 5.82 Å². The first-order valence-electron chi connectivity index (χ1n) is 6.63. The number of benzene rings is 2. The Morgan fingerprint density at radius 1 is 1.30 bits per heavy atom. The topological polar surface area (TPSA) is 76.7 Å². The molecule has 8 heteroatoms. The molecule has 0 bridgehead atoms. The molecule has 3 rings (SSSR count). The van der Waals surface area contributed by atoms with E-state index < -0.39 is 11.5 Å². The molecule has 0 aliphatic carbocycles. The first-order chi connectivity index (χ1) is 11.0. The van der Waals surface area contributed by atoms with Gasteiger partial charge in [0.15, 0.2) is 5.82 Å². The Hall–Kier alpha value is -1.71. The lowest BCUT2D eigenvalue weighted by Gasteiger charge is -2.06. The maximum Gasteiger partial charge on any atom is 0.348 e. The molecular weight excluding hydrogens is 434 g/mol. The largest absolute Gasteiger partial charge is 0.348 e. The van der Waals surface area contributed by atoms with Crippen LogP contribution in [0.15, 0.2) is 41.2 Å². The number of H-pyrrole nitrogens is 1. The average molecular weight is 445 g/mol. The van der Waals surface area contributed by atoms with Crippen molar-refractivity contribution in [3.8, 4) is 17.1 Å². The van der Waals surface area contributed by atoms with Crippen molar-refractivity contribution in [1.82, 2.24) is 14.8 Å². The van der Waals surface area contributed by atoms with Crippen LogP contribution in [0.4, 0.5) is 4.39 Å². The smallest absolute Gasteiger partial charge is 0.326 e. The molecule has 0 aliphatic heterocycles. The molecule has 0 saturated heterocycles. The normalized spacial score (nSPS) is 11.0. The third-order valence-electron chi connectivity index (χ3n) is 3.30. The fourth-order valence-electron chi connectivity index (χ4n) is 2.13. The van der Waals surface area contributed by atoms with Crippen LogP contribution in [0.3, 0.4) is 0 Å². The van der Waals surface area contributed by atoms with Crippen LogP contribution in [-0.4, -0.2) is 14.8 Å². The Morgan fingerprint density at radius 2 is 2.00 bits per heavy atom. The van der Waals surface area contributed by atoms with Crippen LogP contribution in [0.5, 0.6) is 0 Å². The second-order valence-corrected chi connectivity index (χ2v) is 6.45. The van der Waals surface area contributed by atoms with Crippen molar-refractivity contribution < 1.29 is 4.39 Å². The SMILES string of the molecule is NCc1cc(-n2nc(-c3ccc(I)cc3)[nH]c2=O)c(Cl)cc1F. The van der Waals surface area contributed by atoms with E-state index in [2.05, 4.69) is 32.7 Å². The number of hydrogen-bond donors (Lipinski definition) is 2. The second kappa shape index (κ2) is 6.42. The minimum Gasteiger partial charge on any atom is -0.326 e. The summed E-state index contributed by atoms with van der Waals surface area (Å²) in [6.07, 6.45) is 0. The molecule has 1 heterocycles. The van der Waals surface area contributed by atoms with Gasteiger partial charge in [-0.15, -0.1) is 5.10 Å². The Morgan fingerprint density at radius 3 is 2.65 bits per heavy atom. The number of aromatic nitrogens is 3. The fourth-order valence-corrected chi connectivity index (χ4v) is 2.72. The lowest BCUT2D eigenvalue weighted by molar-refractivity contribution is 0.609. The summed E-state index contributed by atoms with van der Waals surface area (Å²) in [7, 11) is 0. The zero-order valence-corrected chi connectivity index (χ0v) is 14.6. The molecule has 3 aromatic rings. The van der Waals surface area contributed by atoms with E-state index in [-0.39, 0.29) is 22.8 Å². The van der Waals surface area contributed by atoms with Gasteiger partial charge in [0.2, 0.25) is 0 Å². The molecule has 0 amide bonds. The summed E-state index contributed by atoms with van der Waals surface area (Å²) >= 11 is 8.24. The van der Waals surface area contributed by atoms with E-state index in [1.165, 1.54) is 6.07 Å². The predicted molar refractivity (Wildman–Crippen MR) is 95.2 cm³/mol. The number of nitrogens with one attached hydrogen (secondary N) is 1. The minimum absolute atomic E-state index is 0.000838. The van der Waals surface area contributed by atoms with Crippen molar-refractivity contribution in [1.29, 1.82) is 0 Å². The molecule has 3 N–H and O–H groups in total. The zero-order valence-electron chi connectivity index (χ0n) is 11.7. The molecular formula is C15H11ClFIN4O. The minimum atomic E-state index is -0.511. The maximum absolute atomic E-state index is 13.7. The van der Waals surface area contributed by atoms with Crippen LogP contribution in [0, 0.1) is 9.39 Å². The lowest BCUT2D eigenvalue weighted by atomic mass is 10.2. The Balaban J connectivity index is 2.12. The van der Waals surface area contributed by atoms with Gasteiger partial charge in [0.25, 0.3) is 0 Å². The van der Waals surface area contributed by atoms with Crippen molar-refractivity contribution in [2.75, 3.05) is 0 Å². The first-order valence-corrected chi connectivity index (χ1v) is 8.09. The Bertz CT molecular complexity index is 920. The van der Waals surface area contributed by atoms with Gasteiger partial charge in [0.05, 0.1) is 10.7 Å². The monoisotopic (exact) mass is 444 g/mol. The Kier molecular flexibility index (Phi) is 4.51. The second-order valence-electron chi connectivity index (χ2n) is 4.80. The standard InChI is InChI=1S/C15H11ClFIN4O/c16-11-6-12(17)9(7-19)5-13(11)22-15(23)20-14(21-22)8-1-3-10(18)4-2-8/h1-6H,7,19H2,(H,20,21,23). The summed E-state index contributed by atoms with van der Waals surface area (Å²) in [5.41, 5.74) is 6.34. The van der Waals surface area contributed by atoms with E-state index in [0.29, 0.717) is 5.82 Å². The van der Waals surface area contributed by atoms with E-state index >= 15 is 0 Å². The molecule has 0 fully saturated rings. The van der Waals surface area contributed by atoms with Gasteiger partial charge in [-0.3, -0.25) is 4.98 Å². The van der Waals surface area contributed by atoms with Gasteiger partial charge in [-0.1, -0.05) is 23.7 Å². The molecule has 23 heavy (non-hydrogen) atoms. The summed E-state index contributed by atoms with van der Waals surface area (Å²) in [5.74, 6) is -0.108. The molecule has 0 unspecified atom stereocenters.